The van der Waals surface area contributed by atoms with Gasteiger partial charge in [0.05, 0.1) is 0 Å². The van der Waals surface area contributed by atoms with Crippen LogP contribution in [-0.4, -0.2) is 87.7 Å². The Hall–Kier alpha value is -0.160. The van der Waals surface area contributed by atoms with E-state index in [2.05, 4.69) is 41.0 Å². The first kappa shape index (κ1) is 13.9. The maximum absolute atomic E-state index is 3.30. The minimum absolute atomic E-state index is 0.605. The Morgan fingerprint density at radius 1 is 1.12 bits per heavy atom. The molecular formula is C12H28N4. The summed E-state index contributed by atoms with van der Waals surface area (Å²) in [5.41, 5.74) is 0. The van der Waals surface area contributed by atoms with Gasteiger partial charge in [-0.05, 0) is 28.1 Å². The first-order chi connectivity index (χ1) is 7.61. The maximum atomic E-state index is 3.30. The fourth-order valence-electron chi connectivity index (χ4n) is 2.02. The molecule has 4 nitrogen and oxygen atoms in total. The van der Waals surface area contributed by atoms with Crippen molar-refractivity contribution in [3.05, 3.63) is 0 Å². The van der Waals surface area contributed by atoms with E-state index in [0.29, 0.717) is 6.04 Å². The molecule has 16 heavy (non-hydrogen) atoms. The molecule has 4 heteroatoms. The van der Waals surface area contributed by atoms with Crippen molar-refractivity contribution in [1.29, 1.82) is 0 Å². The molecule has 0 bridgehead atoms. The van der Waals surface area contributed by atoms with E-state index in [1.807, 2.05) is 7.05 Å². The molecule has 0 saturated carbocycles. The zero-order valence-corrected chi connectivity index (χ0v) is 11.4. The third-order valence-corrected chi connectivity index (χ3v) is 3.35. The van der Waals surface area contributed by atoms with Crippen molar-refractivity contribution >= 4 is 0 Å². The van der Waals surface area contributed by atoms with Crippen molar-refractivity contribution in [2.24, 2.45) is 0 Å². The number of nitrogens with one attached hydrogen (secondary N) is 1. The topological polar surface area (TPSA) is 21.8 Å². The fourth-order valence-corrected chi connectivity index (χ4v) is 2.02. The van der Waals surface area contributed by atoms with Crippen molar-refractivity contribution in [2.75, 3.05) is 67.0 Å². The molecule has 0 aromatic heterocycles. The summed E-state index contributed by atoms with van der Waals surface area (Å²) in [7, 11) is 6.33. The molecule has 1 aliphatic heterocycles. The minimum Gasteiger partial charge on any atom is -0.316 e. The molecule has 0 aromatic rings. The smallest absolute Gasteiger partial charge is 0.0163 e. The molecule has 0 spiro atoms. The van der Waals surface area contributed by atoms with Crippen LogP contribution in [-0.2, 0) is 0 Å². The van der Waals surface area contributed by atoms with Crippen molar-refractivity contribution in [2.45, 2.75) is 13.0 Å². The van der Waals surface area contributed by atoms with E-state index in [9.17, 15) is 0 Å². The predicted molar refractivity (Wildman–Crippen MR) is 70.0 cm³/mol. The van der Waals surface area contributed by atoms with Crippen molar-refractivity contribution in [3.8, 4) is 0 Å². The molecule has 0 aromatic carbocycles. The van der Waals surface area contributed by atoms with Crippen LogP contribution >= 0.6 is 0 Å². The Morgan fingerprint density at radius 2 is 1.69 bits per heavy atom. The molecule has 1 atom stereocenters. The first-order valence-electron chi connectivity index (χ1n) is 6.38. The maximum Gasteiger partial charge on any atom is 0.0163 e. The molecule has 1 aliphatic rings. The molecule has 0 aliphatic carbocycles. The van der Waals surface area contributed by atoms with E-state index in [0.717, 1.165) is 0 Å². The summed E-state index contributed by atoms with van der Waals surface area (Å²) in [5.74, 6) is 0. The van der Waals surface area contributed by atoms with Crippen LogP contribution in [0, 0.1) is 0 Å². The average Bonchev–Trinajstić information content (AvgIpc) is 2.28. The lowest BCUT2D eigenvalue weighted by atomic mass is 10.2. The van der Waals surface area contributed by atoms with E-state index < -0.39 is 0 Å². The van der Waals surface area contributed by atoms with Gasteiger partial charge in [-0.1, -0.05) is 0 Å². The standard InChI is InChI=1S/C12H28N4/c1-12(13-2)11-16-9-7-15(8-10-16)6-5-14(3)4/h12-13H,5-11H2,1-4H3. The summed E-state index contributed by atoms with van der Waals surface area (Å²) >= 11 is 0. The third kappa shape index (κ3) is 5.25. The van der Waals surface area contributed by atoms with Crippen LogP contribution in [0.4, 0.5) is 0 Å². The molecule has 96 valence electrons. The Morgan fingerprint density at radius 3 is 2.19 bits per heavy atom. The van der Waals surface area contributed by atoms with E-state index in [1.165, 1.54) is 45.8 Å². The molecule has 0 amide bonds. The second-order valence-electron chi connectivity index (χ2n) is 5.14. The number of hydrogen-bond donors (Lipinski definition) is 1. The highest BCUT2D eigenvalue weighted by Crippen LogP contribution is 2.02. The lowest BCUT2D eigenvalue weighted by Gasteiger charge is -2.36. The number of rotatable bonds is 6. The van der Waals surface area contributed by atoms with Crippen LogP contribution in [0.15, 0.2) is 0 Å². The number of hydrogen-bond acceptors (Lipinski definition) is 4. The first-order valence-corrected chi connectivity index (χ1v) is 6.38. The highest BCUT2D eigenvalue weighted by molar-refractivity contribution is 4.75. The SMILES string of the molecule is CNC(C)CN1CCN(CCN(C)C)CC1. The van der Waals surface area contributed by atoms with Gasteiger partial charge in [0.1, 0.15) is 0 Å². The molecule has 1 saturated heterocycles. The zero-order chi connectivity index (χ0) is 12.0. The summed E-state index contributed by atoms with van der Waals surface area (Å²) in [6, 6.07) is 0.605. The Labute approximate surface area is 101 Å². The highest BCUT2D eigenvalue weighted by Gasteiger charge is 2.17. The van der Waals surface area contributed by atoms with Gasteiger partial charge in [-0.25, -0.2) is 0 Å². The van der Waals surface area contributed by atoms with E-state index in [4.69, 9.17) is 0 Å². The van der Waals surface area contributed by atoms with Gasteiger partial charge in [-0.3, -0.25) is 9.80 Å². The summed E-state index contributed by atoms with van der Waals surface area (Å²) in [6.07, 6.45) is 0. The largest absolute Gasteiger partial charge is 0.316 e. The normalized spacial score (nSPS) is 21.6. The monoisotopic (exact) mass is 228 g/mol. The Kier molecular flexibility index (Phi) is 6.28. The van der Waals surface area contributed by atoms with Gasteiger partial charge in [-0.2, -0.15) is 0 Å². The highest BCUT2D eigenvalue weighted by atomic mass is 15.3. The third-order valence-electron chi connectivity index (χ3n) is 3.35. The van der Waals surface area contributed by atoms with Gasteiger partial charge in [0.2, 0.25) is 0 Å². The van der Waals surface area contributed by atoms with Crippen molar-refractivity contribution < 1.29 is 0 Å². The van der Waals surface area contributed by atoms with Crippen LogP contribution < -0.4 is 5.32 Å². The number of likely N-dealkylation sites (N-methyl/N-ethyl adjacent to an activating group) is 2. The van der Waals surface area contributed by atoms with Gasteiger partial charge in [-0.15, -0.1) is 0 Å². The van der Waals surface area contributed by atoms with E-state index in [1.54, 1.807) is 0 Å². The van der Waals surface area contributed by atoms with Gasteiger partial charge in [0.15, 0.2) is 0 Å². The van der Waals surface area contributed by atoms with E-state index >= 15 is 0 Å². The van der Waals surface area contributed by atoms with Crippen LogP contribution in [0.25, 0.3) is 0 Å². The second kappa shape index (κ2) is 7.22. The lowest BCUT2D eigenvalue weighted by molar-refractivity contribution is 0.119. The number of nitrogens with zero attached hydrogens (tertiary/aromatic N) is 3. The molecule has 1 heterocycles. The van der Waals surface area contributed by atoms with Crippen LogP contribution in [0.3, 0.4) is 0 Å². The molecular weight excluding hydrogens is 200 g/mol. The summed E-state index contributed by atoms with van der Waals surface area (Å²) < 4.78 is 0. The lowest BCUT2D eigenvalue weighted by Crippen LogP contribution is -2.50. The quantitative estimate of drug-likeness (QED) is 0.678. The molecule has 1 rings (SSSR count). The second-order valence-corrected chi connectivity index (χ2v) is 5.14. The summed E-state index contributed by atoms with van der Waals surface area (Å²) in [6.45, 7) is 10.7. The van der Waals surface area contributed by atoms with Crippen molar-refractivity contribution in [1.82, 2.24) is 20.0 Å². The molecule has 1 unspecified atom stereocenters. The van der Waals surface area contributed by atoms with Crippen molar-refractivity contribution in [3.63, 3.8) is 0 Å². The Balaban J connectivity index is 2.13. The van der Waals surface area contributed by atoms with Crippen LogP contribution in [0.2, 0.25) is 0 Å². The van der Waals surface area contributed by atoms with Gasteiger partial charge >= 0.3 is 0 Å². The summed E-state index contributed by atoms with van der Waals surface area (Å²) in [5, 5.41) is 3.30. The predicted octanol–water partition coefficient (Wildman–Crippen LogP) is -0.226. The Bertz CT molecular complexity index is 176. The number of piperazine rings is 1. The zero-order valence-electron chi connectivity index (χ0n) is 11.4. The van der Waals surface area contributed by atoms with E-state index in [-0.39, 0.29) is 0 Å². The molecule has 1 fully saturated rings. The van der Waals surface area contributed by atoms with Gasteiger partial charge in [0, 0.05) is 51.9 Å². The van der Waals surface area contributed by atoms with Gasteiger partial charge < -0.3 is 10.2 Å². The average molecular weight is 228 g/mol. The minimum atomic E-state index is 0.605. The van der Waals surface area contributed by atoms with Gasteiger partial charge in [0.25, 0.3) is 0 Å². The van der Waals surface area contributed by atoms with Crippen LogP contribution in [0.5, 0.6) is 0 Å². The summed E-state index contributed by atoms with van der Waals surface area (Å²) in [4.78, 5) is 7.39. The van der Waals surface area contributed by atoms with Crippen LogP contribution in [0.1, 0.15) is 6.92 Å². The fraction of sp³-hybridized carbons (Fsp3) is 1.00. The molecule has 0 radical (unpaired) electrons. The molecule has 1 N–H and O–H groups in total.